The quantitative estimate of drug-likeness (QED) is 0.627. The van der Waals surface area contributed by atoms with E-state index in [0.717, 1.165) is 0 Å². The molecule has 1 atom stereocenters. The van der Waals surface area contributed by atoms with E-state index in [2.05, 4.69) is 15.5 Å². The minimum Gasteiger partial charge on any atom is -0.465 e. The van der Waals surface area contributed by atoms with Gasteiger partial charge in [0.1, 0.15) is 5.92 Å². The van der Waals surface area contributed by atoms with E-state index in [1.165, 1.54) is 0 Å². The average Bonchev–Trinajstić information content (AvgIpc) is 2.73. The van der Waals surface area contributed by atoms with Crippen molar-refractivity contribution in [2.45, 2.75) is 41.0 Å². The van der Waals surface area contributed by atoms with Gasteiger partial charge in [-0.1, -0.05) is 25.9 Å². The molecule has 0 bridgehead atoms. The van der Waals surface area contributed by atoms with E-state index in [4.69, 9.17) is 9.26 Å². The van der Waals surface area contributed by atoms with Crippen molar-refractivity contribution in [2.75, 3.05) is 13.2 Å². The summed E-state index contributed by atoms with van der Waals surface area (Å²) in [5.74, 6) is -0.685. The van der Waals surface area contributed by atoms with Crippen LogP contribution in [0.15, 0.2) is 4.52 Å². The fourth-order valence-corrected chi connectivity index (χ4v) is 1.92. The van der Waals surface area contributed by atoms with E-state index in [9.17, 15) is 9.59 Å². The van der Waals surface area contributed by atoms with Crippen LogP contribution >= 0.6 is 0 Å². The van der Waals surface area contributed by atoms with Crippen molar-refractivity contribution in [3.8, 4) is 0 Å². The number of aromatic nitrogens is 2. The van der Waals surface area contributed by atoms with Gasteiger partial charge in [-0.15, -0.1) is 0 Å². The van der Waals surface area contributed by atoms with Crippen LogP contribution in [0, 0.1) is 18.3 Å². The standard InChI is InChI=1S/C14H23N3O4/c1-6-20-13(19)11(14(3,4)5)12(18)15-8-7-10-16-9(2)21-17-10/h11H,6-8H2,1-5H3,(H,15,18). The zero-order valence-corrected chi connectivity index (χ0v) is 13.2. The minimum atomic E-state index is -0.843. The summed E-state index contributed by atoms with van der Waals surface area (Å²) in [6.07, 6.45) is 0.447. The van der Waals surface area contributed by atoms with Crippen molar-refractivity contribution in [3.05, 3.63) is 11.7 Å². The van der Waals surface area contributed by atoms with Crippen molar-refractivity contribution in [3.63, 3.8) is 0 Å². The fourth-order valence-electron chi connectivity index (χ4n) is 1.92. The molecule has 0 spiro atoms. The number of rotatable bonds is 6. The van der Waals surface area contributed by atoms with Crippen molar-refractivity contribution in [1.82, 2.24) is 15.5 Å². The van der Waals surface area contributed by atoms with Crippen LogP contribution in [0.25, 0.3) is 0 Å². The second-order valence-corrected chi connectivity index (χ2v) is 5.82. The molecule has 1 aromatic heterocycles. The average molecular weight is 297 g/mol. The van der Waals surface area contributed by atoms with Gasteiger partial charge < -0.3 is 14.6 Å². The number of carbonyl (C=O) groups excluding carboxylic acids is 2. The topological polar surface area (TPSA) is 94.3 Å². The summed E-state index contributed by atoms with van der Waals surface area (Å²) in [6.45, 7) is 9.49. The van der Waals surface area contributed by atoms with Gasteiger partial charge in [0, 0.05) is 19.9 Å². The molecule has 0 saturated heterocycles. The number of hydrogen-bond acceptors (Lipinski definition) is 6. The molecule has 0 fully saturated rings. The summed E-state index contributed by atoms with van der Waals surface area (Å²) in [5.41, 5.74) is -0.515. The third kappa shape index (κ3) is 5.17. The first kappa shape index (κ1) is 17.1. The normalized spacial score (nSPS) is 12.8. The van der Waals surface area contributed by atoms with Crippen molar-refractivity contribution in [2.24, 2.45) is 11.3 Å². The Morgan fingerprint density at radius 3 is 2.52 bits per heavy atom. The van der Waals surface area contributed by atoms with Gasteiger partial charge in [0.2, 0.25) is 11.8 Å². The smallest absolute Gasteiger partial charge is 0.319 e. The van der Waals surface area contributed by atoms with Crippen LogP contribution in [-0.2, 0) is 20.7 Å². The molecule has 1 amide bonds. The van der Waals surface area contributed by atoms with Crippen molar-refractivity contribution in [1.29, 1.82) is 0 Å². The molecule has 0 radical (unpaired) electrons. The molecule has 1 N–H and O–H groups in total. The van der Waals surface area contributed by atoms with E-state index in [0.29, 0.717) is 24.7 Å². The van der Waals surface area contributed by atoms with Gasteiger partial charge in [0.15, 0.2) is 5.82 Å². The van der Waals surface area contributed by atoms with Crippen LogP contribution in [0.5, 0.6) is 0 Å². The van der Waals surface area contributed by atoms with Crippen LogP contribution in [0.4, 0.5) is 0 Å². The summed E-state index contributed by atoms with van der Waals surface area (Å²) in [7, 11) is 0. The lowest BCUT2D eigenvalue weighted by atomic mass is 9.80. The van der Waals surface area contributed by atoms with E-state index in [-0.39, 0.29) is 12.5 Å². The van der Waals surface area contributed by atoms with Crippen LogP contribution in [0.2, 0.25) is 0 Å². The summed E-state index contributed by atoms with van der Waals surface area (Å²) >= 11 is 0. The monoisotopic (exact) mass is 297 g/mol. The number of nitrogens with zero attached hydrogens (tertiary/aromatic N) is 2. The Morgan fingerprint density at radius 1 is 1.38 bits per heavy atom. The maximum Gasteiger partial charge on any atom is 0.319 e. The molecule has 21 heavy (non-hydrogen) atoms. The Morgan fingerprint density at radius 2 is 2.05 bits per heavy atom. The van der Waals surface area contributed by atoms with Gasteiger partial charge in [-0.2, -0.15) is 4.98 Å². The van der Waals surface area contributed by atoms with Crippen LogP contribution in [0.3, 0.4) is 0 Å². The lowest BCUT2D eigenvalue weighted by molar-refractivity contribution is -0.156. The molecule has 0 aliphatic carbocycles. The molecule has 1 heterocycles. The fraction of sp³-hybridized carbons (Fsp3) is 0.714. The molecule has 7 nitrogen and oxygen atoms in total. The van der Waals surface area contributed by atoms with E-state index in [1.54, 1.807) is 13.8 Å². The van der Waals surface area contributed by atoms with E-state index < -0.39 is 17.3 Å². The molecule has 0 aromatic carbocycles. The van der Waals surface area contributed by atoms with Crippen LogP contribution < -0.4 is 5.32 Å². The number of aryl methyl sites for hydroxylation is 1. The van der Waals surface area contributed by atoms with Crippen molar-refractivity contribution < 1.29 is 18.8 Å². The Hall–Kier alpha value is -1.92. The summed E-state index contributed by atoms with van der Waals surface area (Å²) < 4.78 is 9.83. The molecular formula is C14H23N3O4. The van der Waals surface area contributed by atoms with Gasteiger partial charge in [-0.25, -0.2) is 0 Å². The first-order valence-corrected chi connectivity index (χ1v) is 6.99. The largest absolute Gasteiger partial charge is 0.465 e. The second-order valence-electron chi connectivity index (χ2n) is 5.82. The molecule has 118 valence electrons. The Labute approximate surface area is 124 Å². The number of carbonyl (C=O) groups is 2. The third-order valence-corrected chi connectivity index (χ3v) is 2.87. The summed E-state index contributed by atoms with van der Waals surface area (Å²) in [5, 5.41) is 6.47. The predicted molar refractivity (Wildman–Crippen MR) is 75.3 cm³/mol. The summed E-state index contributed by atoms with van der Waals surface area (Å²) in [4.78, 5) is 28.2. The number of hydrogen-bond donors (Lipinski definition) is 1. The number of ether oxygens (including phenoxy) is 1. The second kappa shape index (κ2) is 7.19. The van der Waals surface area contributed by atoms with Gasteiger partial charge in [-0.3, -0.25) is 9.59 Å². The molecule has 0 saturated carbocycles. The van der Waals surface area contributed by atoms with E-state index in [1.807, 2.05) is 20.8 Å². The van der Waals surface area contributed by atoms with Gasteiger partial charge in [0.25, 0.3) is 0 Å². The minimum absolute atomic E-state index is 0.251. The highest BCUT2D eigenvalue weighted by Gasteiger charge is 2.38. The van der Waals surface area contributed by atoms with E-state index >= 15 is 0 Å². The Balaban J connectivity index is 2.58. The summed E-state index contributed by atoms with van der Waals surface area (Å²) in [6, 6.07) is 0. The van der Waals surface area contributed by atoms with Gasteiger partial charge in [0.05, 0.1) is 6.61 Å². The molecule has 1 unspecified atom stereocenters. The molecule has 1 rings (SSSR count). The maximum absolute atomic E-state index is 12.2. The maximum atomic E-state index is 12.2. The Kier molecular flexibility index (Phi) is 5.87. The number of amides is 1. The first-order chi connectivity index (χ1) is 9.75. The van der Waals surface area contributed by atoms with Gasteiger partial charge >= 0.3 is 5.97 Å². The lowest BCUT2D eigenvalue weighted by Gasteiger charge is -2.27. The van der Waals surface area contributed by atoms with Crippen LogP contribution in [0.1, 0.15) is 39.4 Å². The van der Waals surface area contributed by atoms with Crippen LogP contribution in [-0.4, -0.2) is 35.2 Å². The first-order valence-electron chi connectivity index (χ1n) is 6.99. The predicted octanol–water partition coefficient (Wildman–Crippen LogP) is 1.26. The molecule has 0 aliphatic rings. The van der Waals surface area contributed by atoms with Gasteiger partial charge in [-0.05, 0) is 12.3 Å². The molecule has 7 heteroatoms. The lowest BCUT2D eigenvalue weighted by Crippen LogP contribution is -2.44. The number of nitrogens with one attached hydrogen (secondary N) is 1. The zero-order valence-electron chi connectivity index (χ0n) is 13.2. The highest BCUT2D eigenvalue weighted by Crippen LogP contribution is 2.27. The number of esters is 1. The SMILES string of the molecule is CCOC(=O)C(C(=O)NCCc1noc(C)n1)C(C)(C)C. The molecule has 0 aliphatic heterocycles. The Bertz CT molecular complexity index is 491. The highest BCUT2D eigenvalue weighted by atomic mass is 16.5. The molecular weight excluding hydrogens is 274 g/mol. The molecule has 1 aromatic rings. The van der Waals surface area contributed by atoms with Crippen molar-refractivity contribution >= 4 is 11.9 Å². The third-order valence-electron chi connectivity index (χ3n) is 2.87. The zero-order chi connectivity index (χ0) is 16.0. The highest BCUT2D eigenvalue weighted by molar-refractivity contribution is 5.98.